The molecule has 0 saturated carbocycles. The van der Waals surface area contributed by atoms with E-state index in [0.717, 1.165) is 5.56 Å². The molecule has 0 fully saturated rings. The molecule has 2 aromatic carbocycles. The van der Waals surface area contributed by atoms with E-state index in [1.54, 1.807) is 6.07 Å². The van der Waals surface area contributed by atoms with Crippen LogP contribution in [0.15, 0.2) is 41.7 Å². The fraction of sp³-hybridized carbons (Fsp3) is 0.292. The van der Waals surface area contributed by atoms with Crippen LogP contribution in [-0.4, -0.2) is 40.3 Å². The van der Waals surface area contributed by atoms with Gasteiger partial charge in [0.1, 0.15) is 5.56 Å². The highest BCUT2D eigenvalue weighted by Gasteiger charge is 2.29. The van der Waals surface area contributed by atoms with Crippen LogP contribution in [0.2, 0.25) is 0 Å². The highest BCUT2D eigenvalue weighted by Crippen LogP contribution is 2.50. The van der Waals surface area contributed by atoms with Gasteiger partial charge in [0, 0.05) is 5.56 Å². The Hall–Kier alpha value is -3.81. The first-order valence-corrected chi connectivity index (χ1v) is 9.91. The Balaban J connectivity index is 2.42. The van der Waals surface area contributed by atoms with E-state index in [1.807, 2.05) is 6.07 Å². The van der Waals surface area contributed by atoms with E-state index in [4.69, 9.17) is 18.9 Å². The second kappa shape index (κ2) is 9.55. The lowest BCUT2D eigenvalue weighted by Crippen LogP contribution is -2.27. The molecule has 0 saturated heterocycles. The van der Waals surface area contributed by atoms with Crippen molar-refractivity contribution in [1.29, 1.82) is 0 Å². The summed E-state index contributed by atoms with van der Waals surface area (Å²) in [5, 5.41) is 2.88. The van der Waals surface area contributed by atoms with Crippen molar-refractivity contribution in [3.63, 3.8) is 0 Å². The van der Waals surface area contributed by atoms with E-state index in [-0.39, 0.29) is 11.5 Å². The van der Waals surface area contributed by atoms with Gasteiger partial charge in [-0.15, -0.1) is 0 Å². The standard InChI is InChI=1S/C24H25NO7/c1-6-20(27)25-17-10-7-13-11-19(29-2)22(30-3)23(31-4)21(13)14-8-9-15(24(28)32-5)18(26)12-16(14)17/h6,8-9,11-12,17H,1,7,10H2,2-5H3,(H,25,27)/t17-/m0/s1. The van der Waals surface area contributed by atoms with Crippen LogP contribution >= 0.6 is 0 Å². The number of benzene rings is 1. The molecule has 8 heteroatoms. The second-order valence-electron chi connectivity index (χ2n) is 7.10. The molecule has 1 aliphatic carbocycles. The predicted octanol–water partition coefficient (Wildman–Crippen LogP) is 2.82. The number of carbonyl (C=O) groups is 2. The van der Waals surface area contributed by atoms with Crippen LogP contribution in [-0.2, 0) is 16.0 Å². The molecule has 32 heavy (non-hydrogen) atoms. The van der Waals surface area contributed by atoms with Crippen molar-refractivity contribution in [2.45, 2.75) is 18.9 Å². The number of fused-ring (bicyclic) bond motifs is 3. The lowest BCUT2D eigenvalue weighted by atomic mass is 9.95. The van der Waals surface area contributed by atoms with Gasteiger partial charge in [-0.3, -0.25) is 9.59 Å². The van der Waals surface area contributed by atoms with Gasteiger partial charge < -0.3 is 24.3 Å². The van der Waals surface area contributed by atoms with Crippen molar-refractivity contribution < 1.29 is 28.5 Å². The largest absolute Gasteiger partial charge is 0.493 e. The summed E-state index contributed by atoms with van der Waals surface area (Å²) in [7, 11) is 5.77. The van der Waals surface area contributed by atoms with Gasteiger partial charge in [-0.05, 0) is 53.8 Å². The molecule has 168 valence electrons. The summed E-state index contributed by atoms with van der Waals surface area (Å²) in [6.45, 7) is 3.51. The van der Waals surface area contributed by atoms with Crippen molar-refractivity contribution in [2.75, 3.05) is 28.4 Å². The molecule has 8 nitrogen and oxygen atoms in total. The molecule has 0 spiro atoms. The lowest BCUT2D eigenvalue weighted by molar-refractivity contribution is -0.117. The summed E-state index contributed by atoms with van der Waals surface area (Å²) in [6.07, 6.45) is 2.23. The number of hydrogen-bond donors (Lipinski definition) is 1. The fourth-order valence-electron chi connectivity index (χ4n) is 3.97. The Kier molecular flexibility index (Phi) is 6.82. The van der Waals surface area contributed by atoms with Gasteiger partial charge in [-0.2, -0.15) is 0 Å². The van der Waals surface area contributed by atoms with Crippen molar-refractivity contribution in [3.8, 4) is 28.4 Å². The number of methoxy groups -OCH3 is 4. The SMILES string of the molecule is C=CC(=O)N[C@H]1CCc2cc(OC)c(OC)c(OC)c2-c2ccc(C(=O)OC)c(=O)cc21. The summed E-state index contributed by atoms with van der Waals surface area (Å²) in [4.78, 5) is 37.2. The average Bonchev–Trinajstić information content (AvgIpc) is 3.05. The molecular weight excluding hydrogens is 414 g/mol. The summed E-state index contributed by atoms with van der Waals surface area (Å²) in [5.41, 5.74) is 2.12. The van der Waals surface area contributed by atoms with E-state index >= 15 is 0 Å². The first kappa shape index (κ1) is 22.9. The summed E-state index contributed by atoms with van der Waals surface area (Å²) < 4.78 is 21.5. The first-order chi connectivity index (χ1) is 15.4. The molecule has 0 unspecified atom stereocenters. The zero-order chi connectivity index (χ0) is 23.4. The van der Waals surface area contributed by atoms with E-state index in [9.17, 15) is 14.4 Å². The van der Waals surface area contributed by atoms with Gasteiger partial charge in [0.15, 0.2) is 16.9 Å². The molecule has 1 atom stereocenters. The second-order valence-corrected chi connectivity index (χ2v) is 7.10. The van der Waals surface area contributed by atoms with Gasteiger partial charge in [-0.25, -0.2) is 4.79 Å². The number of hydrogen-bond acceptors (Lipinski definition) is 7. The monoisotopic (exact) mass is 439 g/mol. The van der Waals surface area contributed by atoms with Crippen LogP contribution < -0.4 is 25.0 Å². The van der Waals surface area contributed by atoms with Crippen LogP contribution in [0.5, 0.6) is 17.2 Å². The van der Waals surface area contributed by atoms with E-state index in [2.05, 4.69) is 11.9 Å². The van der Waals surface area contributed by atoms with Gasteiger partial charge in [0.25, 0.3) is 0 Å². The third-order valence-corrected chi connectivity index (χ3v) is 5.45. The quantitative estimate of drug-likeness (QED) is 0.546. The molecule has 2 aromatic rings. The average molecular weight is 439 g/mol. The number of carbonyl (C=O) groups excluding carboxylic acids is 2. The minimum Gasteiger partial charge on any atom is -0.493 e. The van der Waals surface area contributed by atoms with Gasteiger partial charge in [-0.1, -0.05) is 12.6 Å². The minimum absolute atomic E-state index is 0.115. The van der Waals surface area contributed by atoms with Crippen LogP contribution in [0.25, 0.3) is 11.1 Å². The number of rotatable bonds is 6. The van der Waals surface area contributed by atoms with Gasteiger partial charge in [0.05, 0.1) is 34.5 Å². The topological polar surface area (TPSA) is 100 Å². The highest BCUT2D eigenvalue weighted by molar-refractivity contribution is 5.91. The Morgan fingerprint density at radius 1 is 1.06 bits per heavy atom. The maximum atomic E-state index is 12.9. The number of amides is 1. The van der Waals surface area contributed by atoms with Gasteiger partial charge in [0.2, 0.25) is 11.7 Å². The third-order valence-electron chi connectivity index (χ3n) is 5.45. The first-order valence-electron chi connectivity index (χ1n) is 9.91. The molecule has 3 rings (SSSR count). The van der Waals surface area contributed by atoms with Crippen LogP contribution in [0, 0.1) is 0 Å². The molecule has 1 amide bonds. The molecule has 1 aliphatic rings. The molecule has 0 radical (unpaired) electrons. The molecule has 0 aromatic heterocycles. The predicted molar refractivity (Wildman–Crippen MR) is 119 cm³/mol. The van der Waals surface area contributed by atoms with Crippen molar-refractivity contribution in [1.82, 2.24) is 5.32 Å². The Morgan fingerprint density at radius 3 is 2.38 bits per heavy atom. The maximum absolute atomic E-state index is 12.9. The number of ether oxygens (including phenoxy) is 4. The molecule has 0 heterocycles. The van der Waals surface area contributed by atoms with Gasteiger partial charge >= 0.3 is 5.97 Å². The van der Waals surface area contributed by atoms with E-state index in [1.165, 1.54) is 46.6 Å². The van der Waals surface area contributed by atoms with Crippen molar-refractivity contribution in [2.24, 2.45) is 0 Å². The zero-order valence-corrected chi connectivity index (χ0v) is 18.4. The molecule has 1 N–H and O–H groups in total. The minimum atomic E-state index is -0.744. The third kappa shape index (κ3) is 4.03. The number of esters is 1. The smallest absolute Gasteiger partial charge is 0.341 e. The molecular formula is C24H25NO7. The Bertz CT molecular complexity index is 1140. The van der Waals surface area contributed by atoms with Crippen molar-refractivity contribution in [3.05, 3.63) is 63.8 Å². The highest BCUT2D eigenvalue weighted by atomic mass is 16.5. The fourth-order valence-corrected chi connectivity index (χ4v) is 3.97. The number of nitrogens with one attached hydrogen (secondary N) is 1. The summed E-state index contributed by atoms with van der Waals surface area (Å²) in [6, 6.07) is 5.79. The Morgan fingerprint density at radius 2 is 1.78 bits per heavy atom. The van der Waals surface area contributed by atoms with Crippen LogP contribution in [0.4, 0.5) is 0 Å². The van der Waals surface area contributed by atoms with E-state index < -0.39 is 17.4 Å². The van der Waals surface area contributed by atoms with E-state index in [0.29, 0.717) is 46.8 Å². The Labute approximate surface area is 185 Å². The summed E-state index contributed by atoms with van der Waals surface area (Å²) >= 11 is 0. The normalized spacial score (nSPS) is 14.2. The van der Waals surface area contributed by atoms with Crippen LogP contribution in [0.1, 0.15) is 33.9 Å². The molecule has 0 bridgehead atoms. The summed E-state index contributed by atoms with van der Waals surface area (Å²) in [5.74, 6) is 0.207. The van der Waals surface area contributed by atoms with Crippen molar-refractivity contribution >= 4 is 11.9 Å². The number of aryl methyl sites for hydroxylation is 1. The van der Waals surface area contributed by atoms with Crippen LogP contribution in [0.3, 0.4) is 0 Å². The lowest BCUT2D eigenvalue weighted by Gasteiger charge is -2.19. The maximum Gasteiger partial charge on any atom is 0.341 e. The zero-order valence-electron chi connectivity index (χ0n) is 18.4. The molecule has 0 aliphatic heterocycles.